The maximum Gasteiger partial charge on any atom is 0.308 e. The van der Waals surface area contributed by atoms with Crippen LogP contribution in [0.3, 0.4) is 0 Å². The SMILES string of the molecule is CC(=O)OC1=CC(=O)c2c(OC(C)=O)cccc2C1=O. The number of ketones is 2. The number of allylic oxidation sites excluding steroid dienone is 2. The van der Waals surface area contributed by atoms with Crippen LogP contribution in [-0.4, -0.2) is 23.5 Å². The van der Waals surface area contributed by atoms with Crippen LogP contribution in [0, 0.1) is 0 Å². The summed E-state index contributed by atoms with van der Waals surface area (Å²) < 4.78 is 9.59. The summed E-state index contributed by atoms with van der Waals surface area (Å²) in [7, 11) is 0. The van der Waals surface area contributed by atoms with E-state index >= 15 is 0 Å². The number of benzene rings is 1. The first kappa shape index (κ1) is 13.7. The number of esters is 2. The Bertz CT molecular complexity index is 668. The molecule has 102 valence electrons. The molecule has 0 saturated heterocycles. The summed E-state index contributed by atoms with van der Waals surface area (Å²) in [6.07, 6.45) is 0.916. The molecule has 0 spiro atoms. The van der Waals surface area contributed by atoms with Gasteiger partial charge in [0.05, 0.1) is 5.56 Å². The van der Waals surface area contributed by atoms with E-state index in [4.69, 9.17) is 9.47 Å². The third-order valence-electron chi connectivity index (χ3n) is 2.51. The summed E-state index contributed by atoms with van der Waals surface area (Å²) in [5.74, 6) is -2.80. The van der Waals surface area contributed by atoms with Gasteiger partial charge in [-0.2, -0.15) is 0 Å². The molecule has 0 fully saturated rings. The predicted octanol–water partition coefficient (Wildman–Crippen LogP) is 1.44. The lowest BCUT2D eigenvalue weighted by Crippen LogP contribution is -2.21. The number of carbonyl (C=O) groups excluding carboxylic acids is 4. The Morgan fingerprint density at radius 1 is 1.00 bits per heavy atom. The van der Waals surface area contributed by atoms with Gasteiger partial charge in [0.25, 0.3) is 0 Å². The lowest BCUT2D eigenvalue weighted by molar-refractivity contribution is -0.136. The van der Waals surface area contributed by atoms with Crippen LogP contribution in [0.2, 0.25) is 0 Å². The van der Waals surface area contributed by atoms with Crippen molar-refractivity contribution < 1.29 is 28.7 Å². The number of rotatable bonds is 2. The summed E-state index contributed by atoms with van der Waals surface area (Å²) in [4.78, 5) is 46.0. The smallest absolute Gasteiger partial charge is 0.308 e. The highest BCUT2D eigenvalue weighted by molar-refractivity contribution is 6.25. The van der Waals surface area contributed by atoms with E-state index < -0.39 is 23.5 Å². The minimum absolute atomic E-state index is 0.00600. The second-order valence-corrected chi connectivity index (χ2v) is 4.07. The van der Waals surface area contributed by atoms with Gasteiger partial charge in [0.15, 0.2) is 11.5 Å². The van der Waals surface area contributed by atoms with E-state index in [1.54, 1.807) is 0 Å². The van der Waals surface area contributed by atoms with Gasteiger partial charge in [-0.3, -0.25) is 19.2 Å². The van der Waals surface area contributed by atoms with E-state index in [0.717, 1.165) is 13.0 Å². The molecule has 0 aliphatic heterocycles. The molecule has 0 heterocycles. The molecule has 6 heteroatoms. The zero-order valence-electron chi connectivity index (χ0n) is 10.8. The van der Waals surface area contributed by atoms with Gasteiger partial charge < -0.3 is 9.47 Å². The molecule has 6 nitrogen and oxygen atoms in total. The van der Waals surface area contributed by atoms with Gasteiger partial charge in [0.2, 0.25) is 5.78 Å². The number of hydrogen-bond donors (Lipinski definition) is 0. The van der Waals surface area contributed by atoms with Gasteiger partial charge >= 0.3 is 11.9 Å². The van der Waals surface area contributed by atoms with Crippen LogP contribution >= 0.6 is 0 Å². The van der Waals surface area contributed by atoms with Crippen LogP contribution in [0.15, 0.2) is 30.0 Å². The monoisotopic (exact) mass is 274 g/mol. The van der Waals surface area contributed by atoms with Crippen molar-refractivity contribution in [1.82, 2.24) is 0 Å². The Kier molecular flexibility index (Phi) is 3.47. The molecular weight excluding hydrogens is 264 g/mol. The highest BCUT2D eigenvalue weighted by atomic mass is 16.5. The minimum Gasteiger partial charge on any atom is -0.426 e. The summed E-state index contributed by atoms with van der Waals surface area (Å²) in [5.41, 5.74) is 0.0242. The number of Topliss-reactive ketones (excluding diaryl/α,β-unsaturated/α-hetero) is 1. The van der Waals surface area contributed by atoms with Gasteiger partial charge in [0.1, 0.15) is 5.75 Å². The van der Waals surface area contributed by atoms with Crippen LogP contribution in [0.1, 0.15) is 34.6 Å². The maximum absolute atomic E-state index is 12.1. The predicted molar refractivity (Wildman–Crippen MR) is 66.3 cm³/mol. The first-order valence-electron chi connectivity index (χ1n) is 5.70. The average Bonchev–Trinajstić information content (AvgIpc) is 2.34. The van der Waals surface area contributed by atoms with Crippen LogP contribution in [0.4, 0.5) is 0 Å². The van der Waals surface area contributed by atoms with Crippen molar-refractivity contribution in [3.8, 4) is 5.75 Å². The molecule has 0 N–H and O–H groups in total. The lowest BCUT2D eigenvalue weighted by atomic mass is 9.93. The van der Waals surface area contributed by atoms with Crippen molar-refractivity contribution in [1.29, 1.82) is 0 Å². The Morgan fingerprint density at radius 3 is 2.25 bits per heavy atom. The zero-order chi connectivity index (χ0) is 14.9. The molecular formula is C14H10O6. The van der Waals surface area contributed by atoms with Gasteiger partial charge in [0, 0.05) is 25.5 Å². The molecule has 1 aliphatic carbocycles. The number of ether oxygens (including phenoxy) is 2. The molecule has 1 aromatic carbocycles. The van der Waals surface area contributed by atoms with Crippen LogP contribution in [0.25, 0.3) is 0 Å². The fourth-order valence-electron chi connectivity index (χ4n) is 1.83. The third-order valence-corrected chi connectivity index (χ3v) is 2.51. The van der Waals surface area contributed by atoms with Crippen molar-refractivity contribution in [2.45, 2.75) is 13.8 Å². The van der Waals surface area contributed by atoms with Gasteiger partial charge in [-0.25, -0.2) is 0 Å². The standard InChI is InChI=1S/C14H10O6/c1-7(15)19-11-5-3-4-9-13(11)10(17)6-12(14(9)18)20-8(2)16/h3-6H,1-2H3. The molecule has 0 amide bonds. The van der Waals surface area contributed by atoms with Crippen molar-refractivity contribution in [3.05, 3.63) is 41.2 Å². The molecule has 2 rings (SSSR count). The molecule has 0 saturated carbocycles. The highest BCUT2D eigenvalue weighted by Gasteiger charge is 2.30. The van der Waals surface area contributed by atoms with Gasteiger partial charge in [-0.15, -0.1) is 0 Å². The molecule has 0 radical (unpaired) electrons. The molecule has 20 heavy (non-hydrogen) atoms. The number of carbonyl (C=O) groups is 4. The Labute approximate surface area is 114 Å². The van der Waals surface area contributed by atoms with Gasteiger partial charge in [-0.1, -0.05) is 6.07 Å². The van der Waals surface area contributed by atoms with E-state index in [2.05, 4.69) is 0 Å². The number of fused-ring (bicyclic) bond motifs is 1. The maximum atomic E-state index is 12.1. The van der Waals surface area contributed by atoms with E-state index in [1.807, 2.05) is 0 Å². The highest BCUT2D eigenvalue weighted by Crippen LogP contribution is 2.29. The molecule has 0 atom stereocenters. The summed E-state index contributed by atoms with van der Waals surface area (Å²) in [6.45, 7) is 2.32. The average molecular weight is 274 g/mol. The fraction of sp³-hybridized carbons (Fsp3) is 0.143. The van der Waals surface area contributed by atoms with E-state index in [0.29, 0.717) is 0 Å². The molecule has 0 aromatic heterocycles. The van der Waals surface area contributed by atoms with E-state index in [-0.39, 0.29) is 22.6 Å². The normalized spacial score (nSPS) is 13.4. The summed E-state index contributed by atoms with van der Waals surface area (Å²) in [5, 5.41) is 0. The van der Waals surface area contributed by atoms with Crippen LogP contribution < -0.4 is 4.74 Å². The quantitative estimate of drug-likeness (QED) is 0.599. The zero-order valence-corrected chi connectivity index (χ0v) is 10.8. The fourth-order valence-corrected chi connectivity index (χ4v) is 1.83. The molecule has 1 aliphatic rings. The van der Waals surface area contributed by atoms with Crippen molar-refractivity contribution in [2.24, 2.45) is 0 Å². The lowest BCUT2D eigenvalue weighted by Gasteiger charge is -2.16. The van der Waals surface area contributed by atoms with Gasteiger partial charge in [-0.05, 0) is 12.1 Å². The van der Waals surface area contributed by atoms with Crippen LogP contribution in [-0.2, 0) is 14.3 Å². The first-order valence-corrected chi connectivity index (χ1v) is 5.70. The van der Waals surface area contributed by atoms with E-state index in [9.17, 15) is 19.2 Å². The largest absolute Gasteiger partial charge is 0.426 e. The Hall–Kier alpha value is -2.76. The molecule has 1 aromatic rings. The van der Waals surface area contributed by atoms with Crippen molar-refractivity contribution in [3.63, 3.8) is 0 Å². The minimum atomic E-state index is -0.697. The van der Waals surface area contributed by atoms with Crippen molar-refractivity contribution in [2.75, 3.05) is 0 Å². The van der Waals surface area contributed by atoms with Crippen molar-refractivity contribution >= 4 is 23.5 Å². The van der Waals surface area contributed by atoms with E-state index in [1.165, 1.54) is 25.1 Å². The first-order chi connectivity index (χ1) is 9.40. The summed E-state index contributed by atoms with van der Waals surface area (Å²) in [6, 6.07) is 4.29. The van der Waals surface area contributed by atoms with Crippen LogP contribution in [0.5, 0.6) is 5.75 Å². The topological polar surface area (TPSA) is 86.7 Å². The second-order valence-electron chi connectivity index (χ2n) is 4.07. The molecule has 0 bridgehead atoms. The molecule has 0 unspecified atom stereocenters. The second kappa shape index (κ2) is 5.08. The summed E-state index contributed by atoms with van der Waals surface area (Å²) >= 11 is 0. The Morgan fingerprint density at radius 2 is 1.65 bits per heavy atom. The number of hydrogen-bond acceptors (Lipinski definition) is 6. The third kappa shape index (κ3) is 2.49. The Balaban J connectivity index is 2.51.